The Bertz CT molecular complexity index is 3170. The van der Waals surface area contributed by atoms with Crippen molar-refractivity contribution in [3.05, 3.63) is 233 Å². The van der Waals surface area contributed by atoms with Crippen molar-refractivity contribution >= 4 is 39.2 Å². The highest BCUT2D eigenvalue weighted by Gasteiger charge is 2.51. The number of benzene rings is 8. The van der Waals surface area contributed by atoms with Crippen LogP contribution in [-0.2, 0) is 5.41 Å². The van der Waals surface area contributed by atoms with E-state index < -0.39 is 5.41 Å². The number of fused-ring (bicyclic) bond motifs is 13. The van der Waals surface area contributed by atoms with Crippen molar-refractivity contribution in [1.82, 2.24) is 0 Å². The highest BCUT2D eigenvalue weighted by Crippen LogP contribution is 2.63. The molecule has 0 bridgehead atoms. The highest BCUT2D eigenvalue weighted by molar-refractivity contribution is 6.17. The van der Waals surface area contributed by atoms with Gasteiger partial charge in [0, 0.05) is 21.9 Å². The zero-order chi connectivity index (χ0) is 38.2. The van der Waals surface area contributed by atoms with E-state index in [9.17, 15) is 0 Å². The number of allylic oxidation sites excluding steroid dienone is 1. The van der Waals surface area contributed by atoms with Crippen molar-refractivity contribution in [2.45, 2.75) is 18.3 Å². The first-order chi connectivity index (χ1) is 28.7. The second-order valence-corrected chi connectivity index (χ2v) is 15.5. The van der Waals surface area contributed by atoms with Crippen molar-refractivity contribution in [3.63, 3.8) is 0 Å². The maximum atomic E-state index is 6.72. The average Bonchev–Trinajstić information content (AvgIpc) is 3.89. The fraction of sp³-hybridized carbons (Fsp3) is 0.0545. The predicted octanol–water partition coefficient (Wildman–Crippen LogP) is 13.7. The summed E-state index contributed by atoms with van der Waals surface area (Å²) in [6.07, 6.45) is 3.91. The van der Waals surface area contributed by atoms with Crippen LogP contribution in [0.25, 0.3) is 61.0 Å². The normalized spacial score (nSPS) is 17.6. The van der Waals surface area contributed by atoms with Crippen LogP contribution in [0.4, 0.5) is 0 Å². The van der Waals surface area contributed by atoms with Crippen molar-refractivity contribution in [3.8, 4) is 33.4 Å². The van der Waals surface area contributed by atoms with E-state index in [1.54, 1.807) is 0 Å². The molecule has 0 saturated carbocycles. The Morgan fingerprint density at radius 3 is 1.69 bits per heavy atom. The van der Waals surface area contributed by atoms with Gasteiger partial charge in [0.15, 0.2) is 5.84 Å². The molecule has 8 aromatic carbocycles. The monoisotopic (exact) mass is 740 g/mol. The molecule has 58 heavy (non-hydrogen) atoms. The third-order valence-electron chi connectivity index (χ3n) is 12.4. The minimum atomic E-state index is -0.430. The van der Waals surface area contributed by atoms with Gasteiger partial charge >= 0.3 is 0 Å². The minimum Gasteiger partial charge on any atom is -0.456 e. The SMILES string of the molecule is C1=C(c2cccc(-c3ccccc3)c2)/N=C(c2ccc3oc4cc5c(cc4c3c2)C2(c3ccccc3-c3ccccc32)c2ccccc2-5)\N=C(\c2ccccc2)CC\1. The Labute approximate surface area is 337 Å². The van der Waals surface area contributed by atoms with E-state index in [0.717, 1.165) is 68.4 Å². The van der Waals surface area contributed by atoms with Gasteiger partial charge in [-0.25, -0.2) is 9.98 Å². The van der Waals surface area contributed by atoms with Gasteiger partial charge in [-0.05, 0) is 110 Å². The van der Waals surface area contributed by atoms with Crippen LogP contribution < -0.4 is 0 Å². The van der Waals surface area contributed by atoms with Crippen LogP contribution in [0, 0.1) is 0 Å². The molecule has 2 aliphatic carbocycles. The summed E-state index contributed by atoms with van der Waals surface area (Å²) >= 11 is 0. The van der Waals surface area contributed by atoms with Crippen molar-refractivity contribution in [2.24, 2.45) is 9.98 Å². The Morgan fingerprint density at radius 2 is 0.983 bits per heavy atom. The van der Waals surface area contributed by atoms with Gasteiger partial charge in [-0.2, -0.15) is 0 Å². The molecule has 0 atom stereocenters. The van der Waals surface area contributed by atoms with Crippen LogP contribution in [0.3, 0.4) is 0 Å². The lowest BCUT2D eigenvalue weighted by molar-refractivity contribution is 0.668. The summed E-state index contributed by atoms with van der Waals surface area (Å²) in [7, 11) is 0. The number of hydrogen-bond acceptors (Lipinski definition) is 3. The molecule has 0 radical (unpaired) electrons. The van der Waals surface area contributed by atoms with Crippen LogP contribution in [0.2, 0.25) is 0 Å². The van der Waals surface area contributed by atoms with Crippen LogP contribution in [0.1, 0.15) is 51.8 Å². The Balaban J connectivity index is 1.06. The Hall–Kier alpha value is -7.36. The maximum absolute atomic E-state index is 6.72. The fourth-order valence-corrected chi connectivity index (χ4v) is 9.85. The average molecular weight is 741 g/mol. The Kier molecular flexibility index (Phi) is 7.27. The molecule has 1 aliphatic heterocycles. The van der Waals surface area contributed by atoms with E-state index in [2.05, 4.69) is 194 Å². The summed E-state index contributed by atoms with van der Waals surface area (Å²) in [6.45, 7) is 0. The molecular weight excluding hydrogens is 705 g/mol. The second kappa shape index (κ2) is 12.8. The van der Waals surface area contributed by atoms with E-state index >= 15 is 0 Å². The van der Waals surface area contributed by atoms with E-state index in [1.165, 1.54) is 50.1 Å². The van der Waals surface area contributed by atoms with Crippen molar-refractivity contribution in [2.75, 3.05) is 0 Å². The first kappa shape index (κ1) is 32.8. The second-order valence-electron chi connectivity index (χ2n) is 15.5. The van der Waals surface area contributed by atoms with Gasteiger partial charge in [0.25, 0.3) is 0 Å². The number of amidine groups is 1. The molecule has 3 heteroatoms. The minimum absolute atomic E-state index is 0.430. The molecule has 0 unspecified atom stereocenters. The quantitative estimate of drug-likeness (QED) is 0.177. The predicted molar refractivity (Wildman–Crippen MR) is 239 cm³/mol. The lowest BCUT2D eigenvalue weighted by atomic mass is 9.70. The lowest BCUT2D eigenvalue weighted by Crippen LogP contribution is -2.25. The highest BCUT2D eigenvalue weighted by atomic mass is 16.3. The first-order valence-corrected chi connectivity index (χ1v) is 20.1. The third kappa shape index (κ3) is 4.86. The molecule has 12 rings (SSSR count). The van der Waals surface area contributed by atoms with E-state index in [0.29, 0.717) is 5.84 Å². The molecule has 1 spiro atoms. The molecule has 2 heterocycles. The van der Waals surface area contributed by atoms with Gasteiger partial charge in [-0.1, -0.05) is 158 Å². The number of hydrogen-bond donors (Lipinski definition) is 0. The van der Waals surface area contributed by atoms with Gasteiger partial charge < -0.3 is 4.42 Å². The topological polar surface area (TPSA) is 37.9 Å². The molecule has 0 fully saturated rings. The summed E-state index contributed by atoms with van der Waals surface area (Å²) in [6, 6.07) is 67.7. The fourth-order valence-electron chi connectivity index (χ4n) is 9.85. The smallest absolute Gasteiger partial charge is 0.160 e. The maximum Gasteiger partial charge on any atom is 0.160 e. The van der Waals surface area contributed by atoms with Crippen molar-refractivity contribution < 1.29 is 4.42 Å². The van der Waals surface area contributed by atoms with Crippen LogP contribution in [0.5, 0.6) is 0 Å². The summed E-state index contributed by atoms with van der Waals surface area (Å²) in [5.41, 5.74) is 19.1. The number of furan rings is 1. The summed E-state index contributed by atoms with van der Waals surface area (Å²) in [5, 5.41) is 2.15. The number of rotatable bonds is 4. The van der Waals surface area contributed by atoms with E-state index in [4.69, 9.17) is 14.4 Å². The molecule has 272 valence electrons. The summed E-state index contributed by atoms with van der Waals surface area (Å²) in [4.78, 5) is 10.8. The molecule has 3 nitrogen and oxygen atoms in total. The van der Waals surface area contributed by atoms with Gasteiger partial charge in [0.2, 0.25) is 0 Å². The molecule has 9 aromatic rings. The lowest BCUT2D eigenvalue weighted by Gasteiger charge is -2.30. The number of nitrogens with zero attached hydrogens (tertiary/aromatic N) is 2. The Morgan fingerprint density at radius 1 is 0.397 bits per heavy atom. The molecule has 0 saturated heterocycles. The molecule has 0 amide bonds. The van der Waals surface area contributed by atoms with Crippen molar-refractivity contribution in [1.29, 1.82) is 0 Å². The van der Waals surface area contributed by atoms with E-state index in [1.807, 2.05) is 0 Å². The largest absolute Gasteiger partial charge is 0.456 e. The summed E-state index contributed by atoms with van der Waals surface area (Å²) in [5.74, 6) is 0.690. The third-order valence-corrected chi connectivity index (χ3v) is 12.4. The van der Waals surface area contributed by atoms with Gasteiger partial charge in [0.05, 0.1) is 16.8 Å². The van der Waals surface area contributed by atoms with E-state index in [-0.39, 0.29) is 0 Å². The molecule has 1 aromatic heterocycles. The van der Waals surface area contributed by atoms with Gasteiger partial charge in [0.1, 0.15) is 11.2 Å². The van der Waals surface area contributed by atoms with Crippen LogP contribution in [-0.4, -0.2) is 11.5 Å². The number of aliphatic imine (C=N–C) groups is 2. The van der Waals surface area contributed by atoms with Crippen LogP contribution >= 0.6 is 0 Å². The van der Waals surface area contributed by atoms with Crippen LogP contribution in [0.15, 0.2) is 209 Å². The standard InChI is InChI=1S/C55H36N2O/c1-3-15-35(16-4-1)37-19-13-20-38(31-37)51-28-14-27-50(36-17-5-2-6-18-36)56-54(57-51)39-29-30-52-44(32-39)45-33-49-43(34-53(45)58-52)42-23-9-12-26-48(42)55(49)46-24-10-7-21-40(46)41-22-8-11-25-47(41)55/h1-13,15-26,28-34H,14,27H2/b51-28-,56-50+,57-54-. The van der Waals surface area contributed by atoms with Gasteiger partial charge in [-0.3, -0.25) is 0 Å². The molecule has 0 N–H and O–H groups in total. The zero-order valence-corrected chi connectivity index (χ0v) is 31.7. The molecule has 3 aliphatic rings. The first-order valence-electron chi connectivity index (χ1n) is 20.1. The summed E-state index contributed by atoms with van der Waals surface area (Å²) < 4.78 is 6.72. The van der Waals surface area contributed by atoms with Gasteiger partial charge in [-0.15, -0.1) is 0 Å². The molecular formula is C55H36N2O. The zero-order valence-electron chi connectivity index (χ0n) is 31.7.